The quantitative estimate of drug-likeness (QED) is 0.793. The Bertz CT molecular complexity index is 454. The van der Waals surface area contributed by atoms with Crippen molar-refractivity contribution in [1.82, 2.24) is 14.6 Å². The van der Waals surface area contributed by atoms with Gasteiger partial charge in [-0.2, -0.15) is 5.10 Å². The van der Waals surface area contributed by atoms with Crippen LogP contribution in [0.4, 0.5) is 5.82 Å². The first-order valence-electron chi connectivity index (χ1n) is 5.44. The molecule has 0 aromatic carbocycles. The minimum atomic E-state index is 0.234. The van der Waals surface area contributed by atoms with Crippen LogP contribution in [-0.4, -0.2) is 32.9 Å². The van der Waals surface area contributed by atoms with Crippen LogP contribution in [0.2, 0.25) is 0 Å². The summed E-state index contributed by atoms with van der Waals surface area (Å²) in [6.45, 7) is 3.15. The van der Waals surface area contributed by atoms with Crippen molar-refractivity contribution in [3.05, 3.63) is 24.5 Å². The molecule has 0 saturated carbocycles. The SMILES string of the molecule is CC(CCO)CNc1ccn2nccc2n1. The highest BCUT2D eigenvalue weighted by atomic mass is 16.3. The Morgan fingerprint density at radius 3 is 3.19 bits per heavy atom. The predicted octanol–water partition coefficient (Wildman–Crippen LogP) is 1.16. The fraction of sp³-hybridized carbons (Fsp3) is 0.455. The van der Waals surface area contributed by atoms with Crippen molar-refractivity contribution >= 4 is 11.5 Å². The molecule has 86 valence electrons. The maximum Gasteiger partial charge on any atom is 0.157 e. The number of nitrogens with zero attached hydrogens (tertiary/aromatic N) is 3. The summed E-state index contributed by atoms with van der Waals surface area (Å²) in [4.78, 5) is 4.39. The lowest BCUT2D eigenvalue weighted by Gasteiger charge is -2.11. The lowest BCUT2D eigenvalue weighted by atomic mass is 10.1. The predicted molar refractivity (Wildman–Crippen MR) is 62.3 cm³/mol. The van der Waals surface area contributed by atoms with Crippen molar-refractivity contribution in [2.24, 2.45) is 5.92 Å². The summed E-state index contributed by atoms with van der Waals surface area (Å²) in [6, 6.07) is 3.76. The van der Waals surface area contributed by atoms with Crippen molar-refractivity contribution in [1.29, 1.82) is 0 Å². The van der Waals surface area contributed by atoms with E-state index >= 15 is 0 Å². The van der Waals surface area contributed by atoms with Crippen molar-refractivity contribution in [2.75, 3.05) is 18.5 Å². The first-order chi connectivity index (χ1) is 7.79. The monoisotopic (exact) mass is 220 g/mol. The summed E-state index contributed by atoms with van der Waals surface area (Å²) in [5, 5.41) is 16.1. The average Bonchev–Trinajstić information content (AvgIpc) is 2.74. The Hall–Kier alpha value is -1.62. The molecule has 2 heterocycles. The highest BCUT2D eigenvalue weighted by Crippen LogP contribution is 2.08. The van der Waals surface area contributed by atoms with Crippen LogP contribution < -0.4 is 5.32 Å². The van der Waals surface area contributed by atoms with Crippen LogP contribution in [0.25, 0.3) is 5.65 Å². The van der Waals surface area contributed by atoms with E-state index in [9.17, 15) is 0 Å². The number of fused-ring (bicyclic) bond motifs is 1. The number of anilines is 1. The van der Waals surface area contributed by atoms with E-state index in [0.29, 0.717) is 5.92 Å². The number of aliphatic hydroxyl groups excluding tert-OH is 1. The van der Waals surface area contributed by atoms with E-state index in [0.717, 1.165) is 24.4 Å². The summed E-state index contributed by atoms with van der Waals surface area (Å²) in [7, 11) is 0. The normalized spacial score (nSPS) is 12.9. The van der Waals surface area contributed by atoms with Gasteiger partial charge in [-0.25, -0.2) is 9.50 Å². The molecule has 0 aliphatic carbocycles. The van der Waals surface area contributed by atoms with Crippen LogP contribution in [0, 0.1) is 5.92 Å². The number of hydrogen-bond donors (Lipinski definition) is 2. The van der Waals surface area contributed by atoms with Gasteiger partial charge in [-0.3, -0.25) is 0 Å². The summed E-state index contributed by atoms with van der Waals surface area (Å²) >= 11 is 0. The summed E-state index contributed by atoms with van der Waals surface area (Å²) in [6.07, 6.45) is 4.41. The van der Waals surface area contributed by atoms with Crippen LogP contribution >= 0.6 is 0 Å². The summed E-state index contributed by atoms with van der Waals surface area (Å²) in [5.41, 5.74) is 0.833. The van der Waals surface area contributed by atoms with Crippen molar-refractivity contribution in [3.8, 4) is 0 Å². The molecule has 2 aromatic rings. The second kappa shape index (κ2) is 4.94. The summed E-state index contributed by atoms with van der Waals surface area (Å²) < 4.78 is 1.72. The Kier molecular flexibility index (Phi) is 3.36. The van der Waals surface area contributed by atoms with E-state index in [1.807, 2.05) is 18.3 Å². The zero-order valence-electron chi connectivity index (χ0n) is 9.30. The van der Waals surface area contributed by atoms with Crippen LogP contribution in [0.3, 0.4) is 0 Å². The molecular formula is C11H16N4O. The van der Waals surface area contributed by atoms with Crippen LogP contribution in [-0.2, 0) is 0 Å². The molecule has 2 rings (SSSR count). The first-order valence-corrected chi connectivity index (χ1v) is 5.44. The van der Waals surface area contributed by atoms with Crippen LogP contribution in [0.5, 0.6) is 0 Å². The molecule has 0 radical (unpaired) electrons. The van der Waals surface area contributed by atoms with Crippen molar-refractivity contribution < 1.29 is 5.11 Å². The molecule has 2 N–H and O–H groups in total. The molecule has 5 heteroatoms. The largest absolute Gasteiger partial charge is 0.396 e. The Morgan fingerprint density at radius 1 is 1.50 bits per heavy atom. The number of hydrogen-bond acceptors (Lipinski definition) is 4. The highest BCUT2D eigenvalue weighted by Gasteiger charge is 2.02. The number of nitrogens with one attached hydrogen (secondary N) is 1. The van der Waals surface area contributed by atoms with Gasteiger partial charge in [0.05, 0.1) is 6.20 Å². The molecule has 16 heavy (non-hydrogen) atoms. The van der Waals surface area contributed by atoms with Gasteiger partial charge in [0.15, 0.2) is 5.65 Å². The van der Waals surface area contributed by atoms with Crippen molar-refractivity contribution in [2.45, 2.75) is 13.3 Å². The average molecular weight is 220 g/mol. The van der Waals surface area contributed by atoms with Crippen LogP contribution in [0.1, 0.15) is 13.3 Å². The second-order valence-corrected chi connectivity index (χ2v) is 3.95. The maximum absolute atomic E-state index is 8.79. The molecule has 1 unspecified atom stereocenters. The Labute approximate surface area is 94.1 Å². The minimum Gasteiger partial charge on any atom is -0.396 e. The van der Waals surface area contributed by atoms with Crippen molar-refractivity contribution in [3.63, 3.8) is 0 Å². The highest BCUT2D eigenvalue weighted by molar-refractivity contribution is 5.45. The molecule has 0 aliphatic rings. The standard InChI is InChI=1S/C11H16N4O/c1-9(4-7-16)8-12-10-3-6-15-11(14-10)2-5-13-15/h2-3,5-6,9,16H,4,7-8H2,1H3,(H,12,14). The van der Waals surface area contributed by atoms with Gasteiger partial charge >= 0.3 is 0 Å². The second-order valence-electron chi connectivity index (χ2n) is 3.95. The third kappa shape index (κ3) is 2.49. The number of aliphatic hydroxyl groups is 1. The van der Waals surface area contributed by atoms with Gasteiger partial charge in [-0.15, -0.1) is 0 Å². The lowest BCUT2D eigenvalue weighted by Crippen LogP contribution is -2.13. The lowest BCUT2D eigenvalue weighted by molar-refractivity contribution is 0.266. The fourth-order valence-corrected chi connectivity index (χ4v) is 1.51. The third-order valence-electron chi connectivity index (χ3n) is 2.51. The van der Waals surface area contributed by atoms with Gasteiger partial charge in [-0.1, -0.05) is 6.92 Å². The van der Waals surface area contributed by atoms with Gasteiger partial charge in [0.1, 0.15) is 5.82 Å². The van der Waals surface area contributed by atoms with E-state index in [2.05, 4.69) is 22.3 Å². The maximum atomic E-state index is 8.79. The molecule has 5 nitrogen and oxygen atoms in total. The molecule has 0 spiro atoms. The minimum absolute atomic E-state index is 0.234. The first kappa shape index (κ1) is 10.9. The van der Waals surface area contributed by atoms with Gasteiger partial charge < -0.3 is 10.4 Å². The Morgan fingerprint density at radius 2 is 2.38 bits per heavy atom. The molecule has 0 bridgehead atoms. The molecular weight excluding hydrogens is 204 g/mol. The molecule has 0 saturated heterocycles. The smallest absolute Gasteiger partial charge is 0.157 e. The molecule has 0 aliphatic heterocycles. The molecule has 0 amide bonds. The Balaban J connectivity index is 1.98. The molecule has 1 atom stereocenters. The van der Waals surface area contributed by atoms with E-state index in [1.54, 1.807) is 10.7 Å². The van der Waals surface area contributed by atoms with Crippen LogP contribution in [0.15, 0.2) is 24.5 Å². The van der Waals surface area contributed by atoms with E-state index in [-0.39, 0.29) is 6.61 Å². The number of rotatable bonds is 5. The van der Waals surface area contributed by atoms with E-state index in [1.165, 1.54) is 0 Å². The number of aromatic nitrogens is 3. The van der Waals surface area contributed by atoms with Gasteiger partial charge in [0.25, 0.3) is 0 Å². The zero-order chi connectivity index (χ0) is 11.4. The van der Waals surface area contributed by atoms with Gasteiger partial charge in [0, 0.05) is 25.4 Å². The van der Waals surface area contributed by atoms with E-state index in [4.69, 9.17) is 5.11 Å². The zero-order valence-corrected chi connectivity index (χ0v) is 9.30. The summed E-state index contributed by atoms with van der Waals surface area (Å²) in [5.74, 6) is 1.28. The molecule has 0 fully saturated rings. The van der Waals surface area contributed by atoms with Gasteiger partial charge in [-0.05, 0) is 18.4 Å². The fourth-order valence-electron chi connectivity index (χ4n) is 1.51. The molecule has 2 aromatic heterocycles. The third-order valence-corrected chi connectivity index (χ3v) is 2.51. The topological polar surface area (TPSA) is 62.5 Å². The van der Waals surface area contributed by atoms with Gasteiger partial charge in [0.2, 0.25) is 0 Å². The van der Waals surface area contributed by atoms with E-state index < -0.39 is 0 Å².